The third kappa shape index (κ3) is 2.32. The van der Waals surface area contributed by atoms with Crippen molar-refractivity contribution in [2.45, 2.75) is 13.2 Å². The molecule has 0 aliphatic rings. The van der Waals surface area contributed by atoms with Gasteiger partial charge in [0.25, 0.3) is 0 Å². The van der Waals surface area contributed by atoms with Gasteiger partial charge in [-0.2, -0.15) is 0 Å². The molecule has 0 atom stereocenters. The lowest BCUT2D eigenvalue weighted by Gasteiger charge is -2.09. The summed E-state index contributed by atoms with van der Waals surface area (Å²) in [4.78, 5) is 11.0. The smallest absolute Gasteiger partial charge is 0.150 e. The third-order valence-corrected chi connectivity index (χ3v) is 2.94. The van der Waals surface area contributed by atoms with Crippen molar-refractivity contribution in [1.82, 2.24) is 0 Å². The van der Waals surface area contributed by atoms with Crippen molar-refractivity contribution in [1.29, 1.82) is 0 Å². The van der Waals surface area contributed by atoms with Crippen LogP contribution in [0.25, 0.3) is 11.1 Å². The first-order valence-corrected chi connectivity index (χ1v) is 5.68. The van der Waals surface area contributed by atoms with Crippen LogP contribution in [0.5, 0.6) is 0 Å². The number of hydrogen-bond acceptors (Lipinski definition) is 3. The van der Waals surface area contributed by atoms with Crippen molar-refractivity contribution in [3.05, 3.63) is 59.2 Å². The fraction of sp³-hybridized carbons (Fsp3) is 0.133. The minimum atomic E-state index is -0.157. The SMILES string of the molecule is O=Cc1cc(-c2ccccc2CO)ccc1CO. The summed E-state index contributed by atoms with van der Waals surface area (Å²) >= 11 is 0. The van der Waals surface area contributed by atoms with Gasteiger partial charge in [-0.25, -0.2) is 0 Å². The Morgan fingerprint density at radius 2 is 1.67 bits per heavy atom. The Bertz CT molecular complexity index is 561. The number of carbonyl (C=O) groups is 1. The number of rotatable bonds is 4. The molecule has 0 aliphatic heterocycles. The first kappa shape index (κ1) is 12.5. The standard InChI is InChI=1S/C15H14O3/c16-8-12-6-5-11(7-14(12)10-18)15-4-2-1-3-13(15)9-17/h1-7,10,16-17H,8-9H2. The van der Waals surface area contributed by atoms with E-state index in [0.29, 0.717) is 11.1 Å². The molecule has 0 amide bonds. The minimum Gasteiger partial charge on any atom is -0.392 e. The zero-order chi connectivity index (χ0) is 13.0. The highest BCUT2D eigenvalue weighted by Gasteiger charge is 2.07. The van der Waals surface area contributed by atoms with Crippen LogP contribution in [0.2, 0.25) is 0 Å². The zero-order valence-electron chi connectivity index (χ0n) is 9.84. The Morgan fingerprint density at radius 1 is 0.944 bits per heavy atom. The molecule has 2 rings (SSSR count). The van der Waals surface area contributed by atoms with Crippen molar-refractivity contribution in [3.63, 3.8) is 0 Å². The first-order chi connectivity index (χ1) is 8.80. The van der Waals surface area contributed by atoms with E-state index in [9.17, 15) is 9.90 Å². The molecule has 0 saturated carbocycles. The Hall–Kier alpha value is -1.97. The van der Waals surface area contributed by atoms with E-state index in [1.165, 1.54) is 0 Å². The highest BCUT2D eigenvalue weighted by Crippen LogP contribution is 2.25. The summed E-state index contributed by atoms with van der Waals surface area (Å²) in [7, 11) is 0. The van der Waals surface area contributed by atoms with Gasteiger partial charge in [0.05, 0.1) is 13.2 Å². The van der Waals surface area contributed by atoms with Crippen LogP contribution < -0.4 is 0 Å². The lowest BCUT2D eigenvalue weighted by molar-refractivity contribution is 0.112. The molecule has 0 spiro atoms. The van der Waals surface area contributed by atoms with Crippen LogP contribution >= 0.6 is 0 Å². The molecule has 3 heteroatoms. The second kappa shape index (κ2) is 5.58. The van der Waals surface area contributed by atoms with Gasteiger partial charge in [-0.3, -0.25) is 4.79 Å². The van der Waals surface area contributed by atoms with Gasteiger partial charge in [-0.1, -0.05) is 36.4 Å². The van der Waals surface area contributed by atoms with E-state index in [-0.39, 0.29) is 13.2 Å². The maximum atomic E-state index is 11.0. The van der Waals surface area contributed by atoms with Gasteiger partial charge in [0, 0.05) is 5.56 Å². The minimum absolute atomic E-state index is 0.0473. The molecule has 0 bridgehead atoms. The number of hydrogen-bond donors (Lipinski definition) is 2. The number of aldehydes is 1. The Morgan fingerprint density at radius 3 is 2.33 bits per heavy atom. The van der Waals surface area contributed by atoms with Crippen LogP contribution in [-0.4, -0.2) is 16.5 Å². The van der Waals surface area contributed by atoms with Crippen molar-refractivity contribution < 1.29 is 15.0 Å². The predicted octanol–water partition coefficient (Wildman–Crippen LogP) is 2.15. The van der Waals surface area contributed by atoms with Gasteiger partial charge >= 0.3 is 0 Å². The van der Waals surface area contributed by atoms with E-state index in [2.05, 4.69) is 0 Å². The average molecular weight is 242 g/mol. The molecule has 3 nitrogen and oxygen atoms in total. The summed E-state index contributed by atoms with van der Waals surface area (Å²) in [5.74, 6) is 0. The molecule has 0 radical (unpaired) electrons. The summed E-state index contributed by atoms with van der Waals surface area (Å²) in [6, 6.07) is 12.8. The summed E-state index contributed by atoms with van der Waals surface area (Å²) in [6.45, 7) is -0.204. The first-order valence-electron chi connectivity index (χ1n) is 5.68. The van der Waals surface area contributed by atoms with Gasteiger partial charge in [-0.15, -0.1) is 0 Å². The van der Waals surface area contributed by atoms with Crippen molar-refractivity contribution in [3.8, 4) is 11.1 Å². The Kier molecular flexibility index (Phi) is 3.87. The lowest BCUT2D eigenvalue weighted by atomic mass is 9.96. The van der Waals surface area contributed by atoms with Crippen molar-refractivity contribution in [2.24, 2.45) is 0 Å². The largest absolute Gasteiger partial charge is 0.392 e. The maximum Gasteiger partial charge on any atom is 0.150 e. The quantitative estimate of drug-likeness (QED) is 0.808. The molecule has 2 aromatic rings. The van der Waals surface area contributed by atoms with Crippen LogP contribution in [0, 0.1) is 0 Å². The van der Waals surface area contributed by atoms with Crippen LogP contribution in [0.4, 0.5) is 0 Å². The van der Waals surface area contributed by atoms with Crippen LogP contribution in [-0.2, 0) is 13.2 Å². The molecular formula is C15H14O3. The van der Waals surface area contributed by atoms with E-state index in [0.717, 1.165) is 23.0 Å². The molecule has 18 heavy (non-hydrogen) atoms. The average Bonchev–Trinajstić information content (AvgIpc) is 2.46. The van der Waals surface area contributed by atoms with E-state index >= 15 is 0 Å². The van der Waals surface area contributed by atoms with Crippen molar-refractivity contribution in [2.75, 3.05) is 0 Å². The Labute approximate surface area is 105 Å². The number of carbonyl (C=O) groups excluding carboxylic acids is 1. The van der Waals surface area contributed by atoms with Gasteiger partial charge in [0.1, 0.15) is 6.29 Å². The van der Waals surface area contributed by atoms with E-state index in [1.807, 2.05) is 30.3 Å². The molecule has 0 saturated heterocycles. The molecule has 0 unspecified atom stereocenters. The van der Waals surface area contributed by atoms with Gasteiger partial charge in [-0.05, 0) is 28.3 Å². The van der Waals surface area contributed by atoms with E-state index in [4.69, 9.17) is 5.11 Å². The van der Waals surface area contributed by atoms with Crippen molar-refractivity contribution >= 4 is 6.29 Å². The zero-order valence-corrected chi connectivity index (χ0v) is 9.84. The Balaban J connectivity index is 2.54. The molecule has 0 fully saturated rings. The molecule has 2 N–H and O–H groups in total. The fourth-order valence-corrected chi connectivity index (χ4v) is 1.96. The maximum absolute atomic E-state index is 11.0. The molecular weight excluding hydrogens is 228 g/mol. The monoisotopic (exact) mass is 242 g/mol. The van der Waals surface area contributed by atoms with Gasteiger partial charge in [0.15, 0.2) is 0 Å². The van der Waals surface area contributed by atoms with Crippen LogP contribution in [0.1, 0.15) is 21.5 Å². The predicted molar refractivity (Wildman–Crippen MR) is 69.1 cm³/mol. The summed E-state index contributed by atoms with van der Waals surface area (Å²) in [5.41, 5.74) is 3.65. The molecule has 0 aliphatic carbocycles. The third-order valence-electron chi connectivity index (χ3n) is 2.94. The molecule has 0 aromatic heterocycles. The van der Waals surface area contributed by atoms with E-state index < -0.39 is 0 Å². The summed E-state index contributed by atoms with van der Waals surface area (Å²) in [5, 5.41) is 18.4. The second-order valence-electron chi connectivity index (χ2n) is 4.00. The summed E-state index contributed by atoms with van der Waals surface area (Å²) in [6.07, 6.45) is 0.733. The van der Waals surface area contributed by atoms with Crippen LogP contribution in [0.15, 0.2) is 42.5 Å². The molecule has 0 heterocycles. The molecule has 2 aromatic carbocycles. The number of aliphatic hydroxyl groups is 2. The summed E-state index contributed by atoms with van der Waals surface area (Å²) < 4.78 is 0. The van der Waals surface area contributed by atoms with Gasteiger partial charge in [0.2, 0.25) is 0 Å². The highest BCUT2D eigenvalue weighted by molar-refractivity contribution is 5.81. The number of aliphatic hydroxyl groups excluding tert-OH is 2. The second-order valence-corrected chi connectivity index (χ2v) is 4.00. The van der Waals surface area contributed by atoms with Gasteiger partial charge < -0.3 is 10.2 Å². The van der Waals surface area contributed by atoms with Crippen LogP contribution in [0.3, 0.4) is 0 Å². The topological polar surface area (TPSA) is 57.5 Å². The lowest BCUT2D eigenvalue weighted by Crippen LogP contribution is -1.95. The number of benzene rings is 2. The normalized spacial score (nSPS) is 10.3. The fourth-order valence-electron chi connectivity index (χ4n) is 1.96. The molecule has 92 valence electrons. The van der Waals surface area contributed by atoms with E-state index in [1.54, 1.807) is 12.1 Å². The highest BCUT2D eigenvalue weighted by atomic mass is 16.3.